The number of hydrogen-bond donors (Lipinski definition) is 0. The van der Waals surface area contributed by atoms with Gasteiger partial charge in [-0.2, -0.15) is 0 Å². The summed E-state index contributed by atoms with van der Waals surface area (Å²) in [5, 5.41) is 0. The van der Waals surface area contributed by atoms with Gasteiger partial charge in [0.1, 0.15) is 11.6 Å². The molecule has 1 unspecified atom stereocenters. The monoisotopic (exact) mass is 316 g/mol. The first-order valence-corrected chi connectivity index (χ1v) is 9.88. The molecule has 0 spiro atoms. The maximum atomic E-state index is 12.2. The highest BCUT2D eigenvalue weighted by molar-refractivity contribution is 5.80. The average molecular weight is 316 g/mol. The third-order valence-electron chi connectivity index (χ3n) is 8.97. The van der Waals surface area contributed by atoms with Crippen molar-refractivity contribution >= 4 is 11.6 Å². The average Bonchev–Trinajstić information content (AvgIpc) is 2.85. The van der Waals surface area contributed by atoms with Gasteiger partial charge in [-0.15, -0.1) is 0 Å². The Kier molecular flexibility index (Phi) is 3.56. The second-order valence-corrected chi connectivity index (χ2v) is 9.68. The van der Waals surface area contributed by atoms with Crippen LogP contribution in [0.1, 0.15) is 78.6 Å². The Morgan fingerprint density at radius 3 is 2.43 bits per heavy atom. The van der Waals surface area contributed by atoms with Crippen LogP contribution in [-0.2, 0) is 9.59 Å². The molecule has 4 fully saturated rings. The number of hydrogen-bond acceptors (Lipinski definition) is 2. The third-order valence-corrected chi connectivity index (χ3v) is 8.97. The van der Waals surface area contributed by atoms with Crippen molar-refractivity contribution in [2.45, 2.75) is 78.6 Å². The SMILES string of the molecule is CC(=O)[C@@H]1CC[C@H]2[C@@H]3CCC4CC(=O)CC[C@]4(C)[C@H]3CC[C@]12C. The standard InChI is InChI=1S/C21H32O2/c1-13(22)17-6-7-18-16-5-4-14-12-15(23)8-10-20(14,2)19(16)9-11-21(17,18)3/h14,16-19H,4-12H2,1-3H3/t14?,16-,17-,18-,19-,20-,21+/m0/s1. The van der Waals surface area contributed by atoms with Crippen molar-refractivity contribution in [1.29, 1.82) is 0 Å². The molecule has 0 saturated heterocycles. The Hall–Kier alpha value is -0.660. The van der Waals surface area contributed by atoms with E-state index in [2.05, 4.69) is 13.8 Å². The van der Waals surface area contributed by atoms with Gasteiger partial charge in [0.15, 0.2) is 0 Å². The summed E-state index contributed by atoms with van der Waals surface area (Å²) in [7, 11) is 0. The zero-order valence-electron chi connectivity index (χ0n) is 15.1. The lowest BCUT2D eigenvalue weighted by atomic mass is 9.44. The number of carbonyl (C=O) groups is 2. The van der Waals surface area contributed by atoms with Gasteiger partial charge in [0, 0.05) is 18.8 Å². The Bertz CT molecular complexity index is 538. The fraction of sp³-hybridized carbons (Fsp3) is 0.905. The fourth-order valence-electron chi connectivity index (χ4n) is 7.71. The van der Waals surface area contributed by atoms with Crippen LogP contribution in [0.2, 0.25) is 0 Å². The summed E-state index contributed by atoms with van der Waals surface area (Å²) in [6, 6.07) is 0. The summed E-state index contributed by atoms with van der Waals surface area (Å²) in [6.45, 7) is 6.74. The van der Waals surface area contributed by atoms with Crippen LogP contribution in [-0.4, -0.2) is 11.6 Å². The maximum Gasteiger partial charge on any atom is 0.133 e. The highest BCUT2D eigenvalue weighted by Gasteiger charge is 2.60. The van der Waals surface area contributed by atoms with E-state index in [9.17, 15) is 9.59 Å². The molecule has 0 amide bonds. The molecule has 2 heteroatoms. The molecule has 7 atom stereocenters. The zero-order valence-corrected chi connectivity index (χ0v) is 15.1. The van der Waals surface area contributed by atoms with Crippen LogP contribution in [0, 0.1) is 40.4 Å². The highest BCUT2D eigenvalue weighted by atomic mass is 16.1. The summed E-state index contributed by atoms with van der Waals surface area (Å²) in [5.74, 6) is 4.25. The van der Waals surface area contributed by atoms with Crippen LogP contribution in [0.15, 0.2) is 0 Å². The largest absolute Gasteiger partial charge is 0.300 e. The zero-order chi connectivity index (χ0) is 16.4. The van der Waals surface area contributed by atoms with E-state index in [1.165, 1.54) is 32.1 Å². The Balaban J connectivity index is 1.63. The molecule has 0 heterocycles. The lowest BCUT2D eigenvalue weighted by Crippen LogP contribution is -2.53. The maximum absolute atomic E-state index is 12.2. The summed E-state index contributed by atoms with van der Waals surface area (Å²) < 4.78 is 0. The highest BCUT2D eigenvalue weighted by Crippen LogP contribution is 2.67. The number of rotatable bonds is 1. The van der Waals surface area contributed by atoms with Gasteiger partial charge in [0.25, 0.3) is 0 Å². The molecular formula is C21H32O2. The molecule has 23 heavy (non-hydrogen) atoms. The molecule has 4 aliphatic rings. The molecule has 2 nitrogen and oxygen atoms in total. The third kappa shape index (κ3) is 2.12. The molecule has 0 aromatic rings. The molecule has 0 aromatic carbocycles. The number of carbonyl (C=O) groups excluding carboxylic acids is 2. The topological polar surface area (TPSA) is 34.1 Å². The lowest BCUT2D eigenvalue weighted by molar-refractivity contribution is -0.143. The molecule has 0 aliphatic heterocycles. The second kappa shape index (κ2) is 5.17. The van der Waals surface area contributed by atoms with Gasteiger partial charge in [-0.05, 0) is 86.4 Å². The van der Waals surface area contributed by atoms with Gasteiger partial charge in [-0.1, -0.05) is 13.8 Å². The number of Topliss-reactive ketones (excluding diaryl/α,β-unsaturated/α-hetero) is 2. The molecule has 0 aromatic heterocycles. The Morgan fingerprint density at radius 2 is 1.70 bits per heavy atom. The minimum atomic E-state index is 0.265. The van der Waals surface area contributed by atoms with Crippen molar-refractivity contribution in [1.82, 2.24) is 0 Å². The van der Waals surface area contributed by atoms with Crippen molar-refractivity contribution in [3.8, 4) is 0 Å². The Morgan fingerprint density at radius 1 is 0.957 bits per heavy atom. The second-order valence-electron chi connectivity index (χ2n) is 9.68. The lowest BCUT2D eigenvalue weighted by Gasteiger charge is -2.60. The van der Waals surface area contributed by atoms with Crippen molar-refractivity contribution in [3.63, 3.8) is 0 Å². The Labute approximate surface area is 140 Å². The predicted octanol–water partition coefficient (Wildman–Crippen LogP) is 4.80. The van der Waals surface area contributed by atoms with Crippen LogP contribution < -0.4 is 0 Å². The van der Waals surface area contributed by atoms with E-state index in [0.717, 1.165) is 43.4 Å². The van der Waals surface area contributed by atoms with Crippen molar-refractivity contribution in [2.24, 2.45) is 40.4 Å². The summed E-state index contributed by atoms with van der Waals surface area (Å²) in [4.78, 5) is 24.1. The molecular weight excluding hydrogens is 284 g/mol. The van der Waals surface area contributed by atoms with Crippen LogP contribution >= 0.6 is 0 Å². The van der Waals surface area contributed by atoms with E-state index in [1.54, 1.807) is 0 Å². The van der Waals surface area contributed by atoms with Crippen LogP contribution in [0.3, 0.4) is 0 Å². The molecule has 0 N–H and O–H groups in total. The summed E-state index contributed by atoms with van der Waals surface area (Å²) in [5.41, 5.74) is 0.660. The minimum Gasteiger partial charge on any atom is -0.300 e. The number of ketones is 2. The quantitative estimate of drug-likeness (QED) is 0.696. The first-order valence-electron chi connectivity index (χ1n) is 9.88. The van der Waals surface area contributed by atoms with Crippen LogP contribution in [0.5, 0.6) is 0 Å². The van der Waals surface area contributed by atoms with Crippen molar-refractivity contribution < 1.29 is 9.59 Å². The summed E-state index contributed by atoms with van der Waals surface area (Å²) >= 11 is 0. The fourth-order valence-corrected chi connectivity index (χ4v) is 7.71. The molecule has 0 bridgehead atoms. The van der Waals surface area contributed by atoms with Gasteiger partial charge in [0.05, 0.1) is 0 Å². The van der Waals surface area contributed by atoms with E-state index in [-0.39, 0.29) is 5.41 Å². The van der Waals surface area contributed by atoms with Crippen LogP contribution in [0.25, 0.3) is 0 Å². The molecule has 4 rings (SSSR count). The van der Waals surface area contributed by atoms with E-state index in [0.29, 0.717) is 28.8 Å². The van der Waals surface area contributed by atoms with Crippen LogP contribution in [0.4, 0.5) is 0 Å². The molecule has 4 aliphatic carbocycles. The molecule has 0 radical (unpaired) electrons. The van der Waals surface area contributed by atoms with E-state index in [1.807, 2.05) is 6.92 Å². The van der Waals surface area contributed by atoms with Crippen molar-refractivity contribution in [2.75, 3.05) is 0 Å². The van der Waals surface area contributed by atoms with Crippen molar-refractivity contribution in [3.05, 3.63) is 0 Å². The smallest absolute Gasteiger partial charge is 0.133 e. The first kappa shape index (κ1) is 15.8. The van der Waals surface area contributed by atoms with E-state index >= 15 is 0 Å². The van der Waals surface area contributed by atoms with E-state index < -0.39 is 0 Å². The van der Waals surface area contributed by atoms with Gasteiger partial charge in [-0.25, -0.2) is 0 Å². The molecule has 128 valence electrons. The summed E-state index contributed by atoms with van der Waals surface area (Å²) in [6.07, 6.45) is 10.3. The van der Waals surface area contributed by atoms with E-state index in [4.69, 9.17) is 0 Å². The number of fused-ring (bicyclic) bond motifs is 5. The first-order chi connectivity index (χ1) is 10.9. The van der Waals surface area contributed by atoms with Gasteiger partial charge in [0.2, 0.25) is 0 Å². The normalized spacial score (nSPS) is 52.5. The predicted molar refractivity (Wildman–Crippen MR) is 90.9 cm³/mol. The molecule has 4 saturated carbocycles. The van der Waals surface area contributed by atoms with Gasteiger partial charge in [-0.3, -0.25) is 9.59 Å². The van der Waals surface area contributed by atoms with Gasteiger partial charge < -0.3 is 0 Å². The minimum absolute atomic E-state index is 0.265. The van der Waals surface area contributed by atoms with Gasteiger partial charge >= 0.3 is 0 Å².